The highest BCUT2D eigenvalue weighted by molar-refractivity contribution is 6.02. The number of aromatic nitrogens is 2. The molecule has 138 valence electrons. The first kappa shape index (κ1) is 18.5. The van der Waals surface area contributed by atoms with E-state index < -0.39 is 0 Å². The summed E-state index contributed by atoms with van der Waals surface area (Å²) in [6.45, 7) is 4.52. The highest BCUT2D eigenvalue weighted by Gasteiger charge is 2.09. The van der Waals surface area contributed by atoms with Gasteiger partial charge in [-0.25, -0.2) is 14.4 Å². The Balaban J connectivity index is 1.59. The van der Waals surface area contributed by atoms with Gasteiger partial charge in [0.05, 0.1) is 12.4 Å². The molecular formula is C21H21FN4O. The van der Waals surface area contributed by atoms with Crippen molar-refractivity contribution in [2.45, 2.75) is 26.3 Å². The van der Waals surface area contributed by atoms with Gasteiger partial charge in [0, 0.05) is 17.8 Å². The van der Waals surface area contributed by atoms with E-state index in [0.717, 1.165) is 0 Å². The predicted octanol–water partition coefficient (Wildman–Crippen LogP) is 4.60. The van der Waals surface area contributed by atoms with Crippen molar-refractivity contribution < 1.29 is 9.18 Å². The molecule has 0 aliphatic carbocycles. The lowest BCUT2D eigenvalue weighted by molar-refractivity contribution is 0.102. The van der Waals surface area contributed by atoms with Gasteiger partial charge in [0.1, 0.15) is 17.3 Å². The van der Waals surface area contributed by atoms with Gasteiger partial charge in [-0.2, -0.15) is 0 Å². The van der Waals surface area contributed by atoms with Crippen LogP contribution < -0.4 is 10.6 Å². The Morgan fingerprint density at radius 2 is 1.78 bits per heavy atom. The second-order valence-corrected chi connectivity index (χ2v) is 6.46. The smallest absolute Gasteiger partial charge is 0.275 e. The molecule has 3 rings (SSSR count). The number of hydrogen-bond acceptors (Lipinski definition) is 4. The largest absolute Gasteiger partial charge is 0.365 e. The molecule has 5 nitrogen and oxygen atoms in total. The van der Waals surface area contributed by atoms with E-state index in [9.17, 15) is 9.18 Å². The topological polar surface area (TPSA) is 66.9 Å². The summed E-state index contributed by atoms with van der Waals surface area (Å²) in [5.41, 5.74) is 2.65. The molecular weight excluding hydrogens is 343 g/mol. The van der Waals surface area contributed by atoms with Crippen LogP contribution in [0.5, 0.6) is 0 Å². The molecule has 27 heavy (non-hydrogen) atoms. The third-order valence-corrected chi connectivity index (χ3v) is 4.14. The van der Waals surface area contributed by atoms with Crippen LogP contribution in [0.4, 0.5) is 15.9 Å². The number of halogens is 1. The average Bonchev–Trinajstić information content (AvgIpc) is 2.68. The van der Waals surface area contributed by atoms with Crippen molar-refractivity contribution in [2.24, 2.45) is 0 Å². The number of carbonyl (C=O) groups is 1. The number of anilines is 2. The fraction of sp³-hybridized carbons (Fsp3) is 0.190. The molecule has 0 unspecified atom stereocenters. The fourth-order valence-electron chi connectivity index (χ4n) is 2.51. The molecule has 2 N–H and O–H groups in total. The van der Waals surface area contributed by atoms with E-state index in [0.29, 0.717) is 23.0 Å². The summed E-state index contributed by atoms with van der Waals surface area (Å²) in [5, 5.41) is 5.79. The van der Waals surface area contributed by atoms with Crippen LogP contribution in [0.25, 0.3) is 0 Å². The minimum absolute atomic E-state index is 0.208. The maximum atomic E-state index is 13.6. The van der Waals surface area contributed by atoms with Gasteiger partial charge in [-0.3, -0.25) is 4.79 Å². The van der Waals surface area contributed by atoms with Gasteiger partial charge in [-0.05, 0) is 29.7 Å². The van der Waals surface area contributed by atoms with E-state index in [2.05, 4.69) is 34.4 Å². The monoisotopic (exact) mass is 364 g/mol. The molecule has 2 aromatic carbocycles. The highest BCUT2D eigenvalue weighted by Crippen LogP contribution is 2.17. The molecule has 0 saturated carbocycles. The number of benzene rings is 2. The Morgan fingerprint density at radius 1 is 1.04 bits per heavy atom. The summed E-state index contributed by atoms with van der Waals surface area (Å²) in [4.78, 5) is 20.6. The molecule has 0 atom stereocenters. The van der Waals surface area contributed by atoms with Crippen LogP contribution in [0.1, 0.15) is 41.4 Å². The zero-order valence-corrected chi connectivity index (χ0v) is 15.2. The van der Waals surface area contributed by atoms with E-state index in [1.54, 1.807) is 18.2 Å². The third kappa shape index (κ3) is 4.88. The number of nitrogens with one attached hydrogen (secondary N) is 2. The van der Waals surface area contributed by atoms with Crippen LogP contribution in [-0.4, -0.2) is 15.9 Å². The molecule has 3 aromatic rings. The summed E-state index contributed by atoms with van der Waals surface area (Å²) in [5.74, 6) is 0.291. The maximum Gasteiger partial charge on any atom is 0.275 e. The van der Waals surface area contributed by atoms with Gasteiger partial charge in [0.2, 0.25) is 0 Å². The van der Waals surface area contributed by atoms with Crippen molar-refractivity contribution in [2.75, 3.05) is 10.6 Å². The average molecular weight is 364 g/mol. The van der Waals surface area contributed by atoms with Crippen LogP contribution >= 0.6 is 0 Å². The van der Waals surface area contributed by atoms with Crippen molar-refractivity contribution in [3.05, 3.63) is 83.6 Å². The van der Waals surface area contributed by atoms with Crippen LogP contribution in [0.2, 0.25) is 0 Å². The quantitative estimate of drug-likeness (QED) is 0.671. The van der Waals surface area contributed by atoms with Crippen molar-refractivity contribution in [1.29, 1.82) is 0 Å². The van der Waals surface area contributed by atoms with Gasteiger partial charge in [-0.15, -0.1) is 0 Å². The molecule has 0 aliphatic rings. The van der Waals surface area contributed by atoms with Crippen molar-refractivity contribution in [1.82, 2.24) is 9.97 Å². The maximum absolute atomic E-state index is 13.6. The van der Waals surface area contributed by atoms with E-state index in [1.165, 1.54) is 24.0 Å². The number of rotatable bonds is 6. The van der Waals surface area contributed by atoms with Crippen LogP contribution in [0.3, 0.4) is 0 Å². The second kappa shape index (κ2) is 8.40. The molecule has 0 saturated heterocycles. The minimum Gasteiger partial charge on any atom is -0.365 e. The summed E-state index contributed by atoms with van der Waals surface area (Å²) in [6.07, 6.45) is 2.85. The zero-order valence-electron chi connectivity index (χ0n) is 15.2. The third-order valence-electron chi connectivity index (χ3n) is 4.14. The number of carbonyl (C=O) groups excluding carboxylic acids is 1. The fourth-order valence-corrected chi connectivity index (χ4v) is 2.51. The van der Waals surface area contributed by atoms with Crippen molar-refractivity contribution in [3.8, 4) is 0 Å². The predicted molar refractivity (Wildman–Crippen MR) is 104 cm³/mol. The molecule has 0 spiro atoms. The molecule has 1 aromatic heterocycles. The van der Waals surface area contributed by atoms with Gasteiger partial charge >= 0.3 is 0 Å². The minimum atomic E-state index is -0.333. The lowest BCUT2D eigenvalue weighted by atomic mass is 10.0. The lowest BCUT2D eigenvalue weighted by Gasteiger charge is -2.09. The second-order valence-electron chi connectivity index (χ2n) is 6.46. The molecule has 0 radical (unpaired) electrons. The number of amides is 1. The Kier molecular flexibility index (Phi) is 5.76. The van der Waals surface area contributed by atoms with E-state index in [1.807, 2.05) is 24.3 Å². The first-order chi connectivity index (χ1) is 13.0. The zero-order chi connectivity index (χ0) is 19.2. The number of hydrogen-bond donors (Lipinski definition) is 2. The lowest BCUT2D eigenvalue weighted by Crippen LogP contribution is -2.14. The Hall–Kier alpha value is -3.28. The normalized spacial score (nSPS) is 10.7. The first-order valence-corrected chi connectivity index (χ1v) is 8.73. The van der Waals surface area contributed by atoms with Gasteiger partial charge in [0.15, 0.2) is 0 Å². The summed E-state index contributed by atoms with van der Waals surface area (Å²) < 4.78 is 13.6. The molecule has 6 heteroatoms. The van der Waals surface area contributed by atoms with Crippen LogP contribution in [0, 0.1) is 5.82 Å². The van der Waals surface area contributed by atoms with E-state index >= 15 is 0 Å². The highest BCUT2D eigenvalue weighted by atomic mass is 19.1. The SMILES string of the molecule is CC(C)c1ccc(NC(=O)c2cnc(NCc3ccccc3F)cn2)cc1. The summed E-state index contributed by atoms with van der Waals surface area (Å²) in [6, 6.07) is 14.2. The van der Waals surface area contributed by atoms with E-state index in [-0.39, 0.29) is 24.0 Å². The van der Waals surface area contributed by atoms with Crippen LogP contribution in [-0.2, 0) is 6.54 Å². The van der Waals surface area contributed by atoms with Gasteiger partial charge in [0.25, 0.3) is 5.91 Å². The Bertz CT molecular complexity index is 908. The summed E-state index contributed by atoms with van der Waals surface area (Å²) >= 11 is 0. The number of nitrogens with zero attached hydrogens (tertiary/aromatic N) is 2. The Morgan fingerprint density at radius 3 is 2.41 bits per heavy atom. The Labute approximate surface area is 157 Å². The molecule has 1 heterocycles. The molecule has 0 bridgehead atoms. The van der Waals surface area contributed by atoms with Crippen molar-refractivity contribution >= 4 is 17.4 Å². The van der Waals surface area contributed by atoms with Gasteiger partial charge in [-0.1, -0.05) is 44.2 Å². The first-order valence-electron chi connectivity index (χ1n) is 8.73. The standard InChI is InChI=1S/C21H21FN4O/c1-14(2)15-7-9-17(10-8-15)26-21(27)19-12-25-20(13-23-19)24-11-16-5-3-4-6-18(16)22/h3-10,12-14H,11H2,1-2H3,(H,24,25)(H,26,27). The van der Waals surface area contributed by atoms with Crippen molar-refractivity contribution in [3.63, 3.8) is 0 Å². The molecule has 1 amide bonds. The van der Waals surface area contributed by atoms with Crippen LogP contribution in [0.15, 0.2) is 60.9 Å². The molecule has 0 aliphatic heterocycles. The van der Waals surface area contributed by atoms with E-state index in [4.69, 9.17) is 0 Å². The van der Waals surface area contributed by atoms with Gasteiger partial charge < -0.3 is 10.6 Å². The molecule has 0 fully saturated rings. The summed E-state index contributed by atoms with van der Waals surface area (Å²) in [7, 11) is 0.